The molecule has 0 rings (SSSR count). The van der Waals surface area contributed by atoms with E-state index in [4.69, 9.17) is 40.9 Å². The van der Waals surface area contributed by atoms with Crippen molar-refractivity contribution in [3.05, 3.63) is 0 Å². The molecular formula is C21H44O8S4. The van der Waals surface area contributed by atoms with Gasteiger partial charge in [-0.1, -0.05) is 27.7 Å². The summed E-state index contributed by atoms with van der Waals surface area (Å²) in [5, 5.41) is 67.6. The lowest BCUT2D eigenvalue weighted by molar-refractivity contribution is -0.0328. The summed E-state index contributed by atoms with van der Waals surface area (Å²) in [6.07, 6.45) is 6.41. The lowest BCUT2D eigenvalue weighted by Crippen LogP contribution is -2.37. The zero-order valence-electron chi connectivity index (χ0n) is 20.2. The molecule has 200 valence electrons. The first kappa shape index (κ1) is 42.6. The van der Waals surface area contributed by atoms with E-state index in [-0.39, 0.29) is 20.2 Å². The Morgan fingerprint density at radius 3 is 0.606 bits per heavy atom. The Kier molecular flexibility index (Phi) is 43.3. The van der Waals surface area contributed by atoms with E-state index < -0.39 is 31.8 Å². The third-order valence-corrected chi connectivity index (χ3v) is 4.01. The van der Waals surface area contributed by atoms with Gasteiger partial charge in [0.1, 0.15) is 0 Å². The van der Waals surface area contributed by atoms with Gasteiger partial charge in [-0.2, -0.15) is 0 Å². The largest absolute Gasteiger partial charge is 0.502 e. The van der Waals surface area contributed by atoms with E-state index in [0.29, 0.717) is 25.7 Å². The summed E-state index contributed by atoms with van der Waals surface area (Å²) in [4.78, 5) is 0. The quantitative estimate of drug-likeness (QED) is 0.159. The minimum Gasteiger partial charge on any atom is -0.502 e. The fourth-order valence-electron chi connectivity index (χ4n) is 1.16. The maximum atomic E-state index is 8.50. The zero-order chi connectivity index (χ0) is 27.3. The minimum absolute atomic E-state index is 0.123. The van der Waals surface area contributed by atoms with Crippen molar-refractivity contribution in [3.8, 4) is 0 Å². The van der Waals surface area contributed by atoms with Crippen molar-refractivity contribution in [2.24, 2.45) is 5.41 Å². The van der Waals surface area contributed by atoms with Crippen molar-refractivity contribution in [2.75, 3.05) is 26.4 Å². The van der Waals surface area contributed by atoms with Crippen molar-refractivity contribution >= 4 is 69.1 Å². The summed E-state index contributed by atoms with van der Waals surface area (Å²) >= 11 is 17.4. The standard InChI is InChI=1S/C5H12O4.4C4H8OS/c6-1-5(2-7,3-8)4-9;4*1-2-3-4(5)6/h6-9H,1-4H2;4*2-3H2,1H3,(H,5,6). The van der Waals surface area contributed by atoms with Crippen LogP contribution in [0.1, 0.15) is 79.1 Å². The Labute approximate surface area is 220 Å². The van der Waals surface area contributed by atoms with Gasteiger partial charge in [0.15, 0.2) is 20.2 Å². The van der Waals surface area contributed by atoms with Gasteiger partial charge in [-0.15, -0.1) is 0 Å². The number of aliphatic hydroxyl groups excluding tert-OH is 8. The highest BCUT2D eigenvalue weighted by atomic mass is 32.1. The van der Waals surface area contributed by atoms with Gasteiger partial charge < -0.3 is 40.9 Å². The van der Waals surface area contributed by atoms with Gasteiger partial charge in [0, 0.05) is 25.7 Å². The van der Waals surface area contributed by atoms with Crippen LogP contribution in [0.15, 0.2) is 0 Å². The summed E-state index contributed by atoms with van der Waals surface area (Å²) in [6.45, 7) is 6.27. The maximum Gasteiger partial charge on any atom is 0.156 e. The molecule has 0 fully saturated rings. The molecule has 0 saturated heterocycles. The van der Waals surface area contributed by atoms with Crippen LogP contribution in [0.25, 0.3) is 0 Å². The van der Waals surface area contributed by atoms with Gasteiger partial charge in [-0.05, 0) is 74.6 Å². The molecule has 0 aliphatic carbocycles. The third-order valence-electron chi connectivity index (χ3n) is 3.20. The van der Waals surface area contributed by atoms with Gasteiger partial charge in [0.25, 0.3) is 0 Å². The molecule has 0 aliphatic rings. The first-order valence-electron chi connectivity index (χ1n) is 10.6. The molecule has 0 aromatic heterocycles. The highest BCUT2D eigenvalue weighted by Gasteiger charge is 2.26. The highest BCUT2D eigenvalue weighted by molar-refractivity contribution is 7.80. The van der Waals surface area contributed by atoms with Gasteiger partial charge in [-0.25, -0.2) is 0 Å². The summed E-state index contributed by atoms with van der Waals surface area (Å²) in [5.41, 5.74) is -1.11. The van der Waals surface area contributed by atoms with Crippen LogP contribution in [0.2, 0.25) is 0 Å². The van der Waals surface area contributed by atoms with E-state index >= 15 is 0 Å². The van der Waals surface area contributed by atoms with Gasteiger partial charge in [-0.3, -0.25) is 0 Å². The van der Waals surface area contributed by atoms with Gasteiger partial charge >= 0.3 is 0 Å². The Morgan fingerprint density at radius 2 is 0.606 bits per heavy atom. The molecule has 12 heteroatoms. The molecule has 0 radical (unpaired) electrons. The average Bonchev–Trinajstić information content (AvgIpc) is 2.72. The van der Waals surface area contributed by atoms with Crippen LogP contribution in [-0.2, 0) is 0 Å². The fraction of sp³-hybridized carbons (Fsp3) is 0.810. The third kappa shape index (κ3) is 49.6. The molecule has 0 unspecified atom stereocenters. The highest BCUT2D eigenvalue weighted by Crippen LogP contribution is 2.11. The first-order valence-corrected chi connectivity index (χ1v) is 12.3. The molecule has 0 saturated carbocycles. The Morgan fingerprint density at radius 1 is 0.455 bits per heavy atom. The van der Waals surface area contributed by atoms with Crippen LogP contribution in [0.5, 0.6) is 0 Å². The maximum absolute atomic E-state index is 8.50. The van der Waals surface area contributed by atoms with Crippen molar-refractivity contribution in [2.45, 2.75) is 79.1 Å². The Balaban J connectivity index is -0.000000100. The van der Waals surface area contributed by atoms with Crippen molar-refractivity contribution in [3.63, 3.8) is 0 Å². The summed E-state index contributed by atoms with van der Waals surface area (Å²) in [7, 11) is 0. The molecular weight excluding hydrogens is 508 g/mol. The summed E-state index contributed by atoms with van der Waals surface area (Å²) in [5.74, 6) is 0. The van der Waals surface area contributed by atoms with E-state index in [1.54, 1.807) is 0 Å². The van der Waals surface area contributed by atoms with Gasteiger partial charge in [0.05, 0.1) is 31.8 Å². The monoisotopic (exact) mass is 552 g/mol. The lowest BCUT2D eigenvalue weighted by atomic mass is 9.93. The number of rotatable bonds is 12. The lowest BCUT2D eigenvalue weighted by Gasteiger charge is -2.23. The van der Waals surface area contributed by atoms with Gasteiger partial charge in [0.2, 0.25) is 0 Å². The van der Waals surface area contributed by atoms with Crippen molar-refractivity contribution < 1.29 is 40.9 Å². The van der Waals surface area contributed by atoms with Crippen LogP contribution < -0.4 is 0 Å². The van der Waals surface area contributed by atoms with E-state index in [0.717, 1.165) is 25.7 Å². The smallest absolute Gasteiger partial charge is 0.156 e. The van der Waals surface area contributed by atoms with Crippen LogP contribution >= 0.6 is 48.9 Å². The molecule has 8 N–H and O–H groups in total. The second-order valence-electron chi connectivity index (χ2n) is 6.71. The van der Waals surface area contributed by atoms with Crippen molar-refractivity contribution in [1.29, 1.82) is 0 Å². The number of thiocarbonyl (C=S) groups is 4. The predicted octanol–water partition coefficient (Wildman–Crippen LogP) is 4.63. The van der Waals surface area contributed by atoms with Crippen LogP contribution in [0.3, 0.4) is 0 Å². The number of hydrogen-bond acceptors (Lipinski definition) is 8. The van der Waals surface area contributed by atoms with E-state index in [1.807, 2.05) is 27.7 Å². The van der Waals surface area contributed by atoms with Crippen LogP contribution in [0.4, 0.5) is 0 Å². The molecule has 8 nitrogen and oxygen atoms in total. The average molecular weight is 553 g/mol. The molecule has 0 bridgehead atoms. The van der Waals surface area contributed by atoms with E-state index in [1.165, 1.54) is 0 Å². The molecule has 0 amide bonds. The first-order chi connectivity index (χ1) is 15.3. The summed E-state index contributed by atoms with van der Waals surface area (Å²) < 4.78 is 0. The number of hydrogen-bond donors (Lipinski definition) is 8. The normalized spacial score (nSPS) is 9.21. The second kappa shape index (κ2) is 33.6. The Hall–Kier alpha value is -0.600. The predicted molar refractivity (Wildman–Crippen MR) is 151 cm³/mol. The second-order valence-corrected chi connectivity index (χ2v) is 8.59. The van der Waals surface area contributed by atoms with Crippen LogP contribution in [-0.4, -0.2) is 87.5 Å². The Bertz CT molecular complexity index is 392. The van der Waals surface area contributed by atoms with E-state index in [2.05, 4.69) is 48.9 Å². The van der Waals surface area contributed by atoms with Crippen LogP contribution in [0, 0.1) is 5.41 Å². The molecule has 0 aliphatic heterocycles. The topological polar surface area (TPSA) is 162 Å². The molecule has 0 atom stereocenters. The SMILES string of the molecule is CCCC(O)=S.CCCC(O)=S.CCCC(O)=S.CCCC(O)=S.OCC(CO)(CO)CO. The summed E-state index contributed by atoms with van der Waals surface area (Å²) in [6, 6.07) is 0. The zero-order valence-corrected chi connectivity index (χ0v) is 23.5. The van der Waals surface area contributed by atoms with Crippen molar-refractivity contribution in [1.82, 2.24) is 0 Å². The molecule has 0 spiro atoms. The fourth-order valence-corrected chi connectivity index (χ4v) is 1.97. The molecule has 0 heterocycles. The molecule has 0 aromatic rings. The molecule has 0 aromatic carbocycles. The number of aliphatic hydroxyl groups is 8. The minimum atomic E-state index is -1.11. The van der Waals surface area contributed by atoms with E-state index in [9.17, 15) is 0 Å². The molecule has 33 heavy (non-hydrogen) atoms.